The van der Waals surface area contributed by atoms with Crippen molar-refractivity contribution in [3.63, 3.8) is 0 Å². The normalized spacial score (nSPS) is 22.6. The number of halogens is 1. The molecule has 0 radical (unpaired) electrons. The average Bonchev–Trinajstić information content (AvgIpc) is 2.58. The number of nitrogens with zero attached hydrogens (tertiary/aromatic N) is 1. The highest BCUT2D eigenvalue weighted by Crippen LogP contribution is 2.36. The summed E-state index contributed by atoms with van der Waals surface area (Å²) in [5.41, 5.74) is 3.23. The molecular weight excluding hydrogens is 380 g/mol. The van der Waals surface area contributed by atoms with Crippen LogP contribution in [0.4, 0.5) is 0 Å². The molecule has 2 aliphatic rings. The van der Waals surface area contributed by atoms with Gasteiger partial charge in [0.1, 0.15) is 0 Å². The van der Waals surface area contributed by atoms with Gasteiger partial charge < -0.3 is 15.3 Å². The monoisotopic (exact) mass is 408 g/mol. The van der Waals surface area contributed by atoms with Gasteiger partial charge in [0.15, 0.2) is 0 Å². The van der Waals surface area contributed by atoms with E-state index in [4.69, 9.17) is 0 Å². The molecule has 0 aromatic heterocycles. The van der Waals surface area contributed by atoms with Crippen LogP contribution in [0.25, 0.3) is 0 Å². The van der Waals surface area contributed by atoms with Gasteiger partial charge in [0.25, 0.3) is 0 Å². The molecular formula is C20H29BrN2O2. The van der Waals surface area contributed by atoms with Crippen LogP contribution in [-0.4, -0.2) is 41.1 Å². The summed E-state index contributed by atoms with van der Waals surface area (Å²) in [7, 11) is 0. The Labute approximate surface area is 159 Å². The fourth-order valence-electron chi connectivity index (χ4n) is 4.40. The molecule has 25 heavy (non-hydrogen) atoms. The summed E-state index contributed by atoms with van der Waals surface area (Å²) in [6, 6.07) is 4.31. The summed E-state index contributed by atoms with van der Waals surface area (Å²) >= 11 is 3.65. The molecule has 5 heteroatoms. The lowest BCUT2D eigenvalue weighted by Crippen LogP contribution is -2.47. The van der Waals surface area contributed by atoms with E-state index in [1.165, 1.54) is 23.1 Å². The molecule has 1 fully saturated rings. The van der Waals surface area contributed by atoms with Crippen LogP contribution in [0.15, 0.2) is 16.6 Å². The van der Waals surface area contributed by atoms with Gasteiger partial charge >= 0.3 is 0 Å². The fourth-order valence-corrected chi connectivity index (χ4v) is 4.95. The third kappa shape index (κ3) is 4.09. The first-order valence-corrected chi connectivity index (χ1v) is 10.2. The van der Waals surface area contributed by atoms with Gasteiger partial charge in [-0.2, -0.15) is 0 Å². The van der Waals surface area contributed by atoms with E-state index in [1.54, 1.807) is 0 Å². The minimum absolute atomic E-state index is 0.0910. The number of hydrogen-bond donors (Lipinski definition) is 2. The molecule has 2 N–H and O–H groups in total. The maximum absolute atomic E-state index is 12.7. The van der Waals surface area contributed by atoms with E-state index in [2.05, 4.69) is 47.2 Å². The number of amides is 1. The van der Waals surface area contributed by atoms with Gasteiger partial charge in [-0.15, -0.1) is 0 Å². The second-order valence-electron chi connectivity index (χ2n) is 7.66. The predicted octanol–water partition coefficient (Wildman–Crippen LogP) is 3.49. The largest absolute Gasteiger partial charge is 0.389 e. The van der Waals surface area contributed by atoms with Gasteiger partial charge in [0, 0.05) is 17.6 Å². The molecule has 1 aromatic carbocycles. The Morgan fingerprint density at radius 1 is 1.36 bits per heavy atom. The molecule has 1 aliphatic carbocycles. The van der Waals surface area contributed by atoms with Gasteiger partial charge in [-0.1, -0.05) is 41.3 Å². The van der Waals surface area contributed by atoms with Crippen LogP contribution in [0.3, 0.4) is 0 Å². The van der Waals surface area contributed by atoms with Crippen molar-refractivity contribution in [1.29, 1.82) is 0 Å². The molecule has 1 amide bonds. The molecule has 3 rings (SSSR count). The maximum atomic E-state index is 12.7. The SMILES string of the molecule is Cc1ccc(Br)c2c1C(C)N(C(=O)CNCC1(O)CCCCC1)CC2. The number of aliphatic hydroxyl groups is 1. The van der Waals surface area contributed by atoms with E-state index in [0.717, 1.165) is 43.1 Å². The molecule has 0 saturated heterocycles. The standard InChI is InChI=1S/C20H29BrN2O2/c1-14-6-7-17(21)16-8-11-23(15(2)19(14)16)18(24)12-22-13-20(25)9-4-3-5-10-20/h6-7,15,22,25H,3-5,8-13H2,1-2H3. The lowest BCUT2D eigenvalue weighted by molar-refractivity contribution is -0.133. The summed E-state index contributed by atoms with van der Waals surface area (Å²) < 4.78 is 1.14. The summed E-state index contributed by atoms with van der Waals surface area (Å²) in [5.74, 6) is 0.122. The molecule has 1 aromatic rings. The highest BCUT2D eigenvalue weighted by atomic mass is 79.9. The lowest BCUT2D eigenvalue weighted by atomic mass is 9.85. The van der Waals surface area contributed by atoms with Gasteiger partial charge in [-0.3, -0.25) is 4.79 Å². The molecule has 138 valence electrons. The van der Waals surface area contributed by atoms with Crippen molar-refractivity contribution >= 4 is 21.8 Å². The zero-order chi connectivity index (χ0) is 18.0. The second-order valence-corrected chi connectivity index (χ2v) is 8.51. The summed E-state index contributed by atoms with van der Waals surface area (Å²) in [6.45, 7) is 5.80. The molecule has 1 unspecified atom stereocenters. The molecule has 0 bridgehead atoms. The average molecular weight is 409 g/mol. The second kappa shape index (κ2) is 7.77. The molecule has 0 spiro atoms. The van der Waals surface area contributed by atoms with E-state index in [1.807, 2.05) is 4.90 Å². The van der Waals surface area contributed by atoms with E-state index >= 15 is 0 Å². The number of carbonyl (C=O) groups is 1. The van der Waals surface area contributed by atoms with Crippen LogP contribution in [0.5, 0.6) is 0 Å². The van der Waals surface area contributed by atoms with Crippen LogP contribution in [0.2, 0.25) is 0 Å². The first kappa shape index (κ1) is 18.9. The summed E-state index contributed by atoms with van der Waals surface area (Å²) in [5, 5.41) is 13.8. The highest BCUT2D eigenvalue weighted by molar-refractivity contribution is 9.10. The highest BCUT2D eigenvalue weighted by Gasteiger charge is 2.31. The van der Waals surface area contributed by atoms with Crippen molar-refractivity contribution < 1.29 is 9.90 Å². The van der Waals surface area contributed by atoms with Crippen molar-refractivity contribution in [3.8, 4) is 0 Å². The van der Waals surface area contributed by atoms with Gasteiger partial charge in [0.05, 0.1) is 18.2 Å². The Bertz CT molecular complexity index is 641. The molecule has 1 atom stereocenters. The minimum Gasteiger partial charge on any atom is -0.389 e. The quantitative estimate of drug-likeness (QED) is 0.801. The molecule has 1 saturated carbocycles. The number of aryl methyl sites for hydroxylation is 1. The predicted molar refractivity (Wildman–Crippen MR) is 104 cm³/mol. The van der Waals surface area contributed by atoms with Crippen molar-refractivity contribution in [1.82, 2.24) is 10.2 Å². The van der Waals surface area contributed by atoms with Crippen molar-refractivity contribution in [2.45, 2.75) is 64.0 Å². The zero-order valence-electron chi connectivity index (χ0n) is 15.3. The van der Waals surface area contributed by atoms with Crippen LogP contribution >= 0.6 is 15.9 Å². The third-order valence-electron chi connectivity index (χ3n) is 5.84. The number of hydrogen-bond acceptors (Lipinski definition) is 3. The molecule has 1 aliphatic heterocycles. The topological polar surface area (TPSA) is 52.6 Å². The Kier molecular flexibility index (Phi) is 5.86. The van der Waals surface area contributed by atoms with Crippen molar-refractivity contribution in [3.05, 3.63) is 33.3 Å². The fraction of sp³-hybridized carbons (Fsp3) is 0.650. The van der Waals surface area contributed by atoms with Crippen molar-refractivity contribution in [2.75, 3.05) is 19.6 Å². The maximum Gasteiger partial charge on any atom is 0.237 e. The number of fused-ring (bicyclic) bond motifs is 1. The Morgan fingerprint density at radius 2 is 2.08 bits per heavy atom. The van der Waals surface area contributed by atoms with Gasteiger partial charge in [0.2, 0.25) is 5.91 Å². The van der Waals surface area contributed by atoms with E-state index in [-0.39, 0.29) is 11.9 Å². The van der Waals surface area contributed by atoms with Crippen LogP contribution in [-0.2, 0) is 11.2 Å². The minimum atomic E-state index is -0.625. The third-order valence-corrected chi connectivity index (χ3v) is 6.58. The lowest BCUT2D eigenvalue weighted by Gasteiger charge is -2.37. The smallest absolute Gasteiger partial charge is 0.237 e. The zero-order valence-corrected chi connectivity index (χ0v) is 16.9. The van der Waals surface area contributed by atoms with E-state index < -0.39 is 5.60 Å². The number of rotatable bonds is 4. The molecule has 4 nitrogen and oxygen atoms in total. The summed E-state index contributed by atoms with van der Waals surface area (Å²) in [6.07, 6.45) is 5.95. The Balaban J connectivity index is 1.60. The first-order valence-electron chi connectivity index (χ1n) is 9.42. The number of nitrogens with one attached hydrogen (secondary N) is 1. The first-order chi connectivity index (χ1) is 11.9. The van der Waals surface area contributed by atoms with Crippen LogP contribution < -0.4 is 5.32 Å². The Morgan fingerprint density at radius 3 is 2.80 bits per heavy atom. The van der Waals surface area contributed by atoms with Crippen LogP contribution in [0, 0.1) is 6.92 Å². The van der Waals surface area contributed by atoms with Crippen LogP contribution in [0.1, 0.15) is 61.8 Å². The van der Waals surface area contributed by atoms with Crippen molar-refractivity contribution in [2.24, 2.45) is 0 Å². The summed E-state index contributed by atoms with van der Waals surface area (Å²) in [4.78, 5) is 14.7. The Hall–Kier alpha value is -0.910. The van der Waals surface area contributed by atoms with E-state index in [0.29, 0.717) is 13.1 Å². The van der Waals surface area contributed by atoms with E-state index in [9.17, 15) is 9.90 Å². The number of carbonyl (C=O) groups excluding carboxylic acids is 1. The number of benzene rings is 1. The van der Waals surface area contributed by atoms with Gasteiger partial charge in [-0.25, -0.2) is 0 Å². The molecule has 1 heterocycles. The van der Waals surface area contributed by atoms with Gasteiger partial charge in [-0.05, 0) is 55.9 Å².